The van der Waals surface area contributed by atoms with Crippen LogP contribution >= 0.6 is 11.3 Å². The molecule has 0 radical (unpaired) electrons. The lowest BCUT2D eigenvalue weighted by Gasteiger charge is -2.02. The van der Waals surface area contributed by atoms with Gasteiger partial charge in [0.15, 0.2) is 5.13 Å². The molecule has 1 aromatic heterocycles. The number of ether oxygens (including phenoxy) is 2. The number of amides is 1. The summed E-state index contributed by atoms with van der Waals surface area (Å²) in [5.74, 6) is 0.615. The van der Waals surface area contributed by atoms with Gasteiger partial charge in [-0.15, -0.1) is 11.3 Å². The van der Waals surface area contributed by atoms with E-state index in [0.717, 1.165) is 21.9 Å². The highest BCUT2D eigenvalue weighted by atomic mass is 32.1. The zero-order chi connectivity index (χ0) is 15.2. The van der Waals surface area contributed by atoms with Crippen molar-refractivity contribution in [3.05, 3.63) is 29.1 Å². The molecule has 0 saturated carbocycles. The van der Waals surface area contributed by atoms with Crippen molar-refractivity contribution in [3.63, 3.8) is 0 Å². The summed E-state index contributed by atoms with van der Waals surface area (Å²) in [6.07, 6.45) is 0. The molecule has 5 nitrogen and oxygen atoms in total. The zero-order valence-electron chi connectivity index (χ0n) is 12.3. The normalized spacial score (nSPS) is 10.4. The molecule has 0 aliphatic rings. The molecule has 1 N–H and O–H groups in total. The van der Waals surface area contributed by atoms with E-state index in [1.54, 1.807) is 7.11 Å². The molecule has 2 aromatic rings. The van der Waals surface area contributed by atoms with Gasteiger partial charge in [0, 0.05) is 17.0 Å². The number of anilines is 1. The van der Waals surface area contributed by atoms with Crippen LogP contribution in [0.3, 0.4) is 0 Å². The van der Waals surface area contributed by atoms with Crippen molar-refractivity contribution in [2.45, 2.75) is 13.8 Å². The van der Waals surface area contributed by atoms with Gasteiger partial charge in [0.25, 0.3) is 5.91 Å². The van der Waals surface area contributed by atoms with Gasteiger partial charge in [0.05, 0.1) is 12.8 Å². The molecule has 0 spiro atoms. The Morgan fingerprint density at radius 3 is 2.67 bits per heavy atom. The van der Waals surface area contributed by atoms with E-state index < -0.39 is 0 Å². The Labute approximate surface area is 127 Å². The first-order chi connectivity index (χ1) is 10.1. The fraction of sp³-hybridized carbons (Fsp3) is 0.333. The summed E-state index contributed by atoms with van der Waals surface area (Å²) in [5, 5.41) is 3.34. The molecule has 0 aliphatic heterocycles. The molecule has 2 rings (SSSR count). The van der Waals surface area contributed by atoms with Crippen molar-refractivity contribution in [2.24, 2.45) is 0 Å². The van der Waals surface area contributed by atoms with Crippen molar-refractivity contribution in [1.82, 2.24) is 4.98 Å². The van der Waals surface area contributed by atoms with Gasteiger partial charge in [0.1, 0.15) is 12.4 Å². The lowest BCUT2D eigenvalue weighted by molar-refractivity contribution is -0.120. The fourth-order valence-electron chi connectivity index (χ4n) is 1.82. The Hall–Kier alpha value is -1.92. The first kappa shape index (κ1) is 15.5. The van der Waals surface area contributed by atoms with Crippen molar-refractivity contribution in [1.29, 1.82) is 0 Å². The number of methoxy groups -OCH3 is 1. The monoisotopic (exact) mass is 306 g/mol. The molecule has 1 heterocycles. The summed E-state index contributed by atoms with van der Waals surface area (Å²) in [5.41, 5.74) is 1.87. The van der Waals surface area contributed by atoms with Crippen LogP contribution in [0.5, 0.6) is 5.75 Å². The predicted molar refractivity (Wildman–Crippen MR) is 84.0 cm³/mol. The molecule has 0 bridgehead atoms. The molecular weight excluding hydrogens is 288 g/mol. The number of carbonyl (C=O) groups excluding carboxylic acids is 1. The van der Waals surface area contributed by atoms with Gasteiger partial charge in [-0.2, -0.15) is 0 Å². The van der Waals surface area contributed by atoms with Crippen LogP contribution in [0.25, 0.3) is 11.3 Å². The zero-order valence-corrected chi connectivity index (χ0v) is 13.1. The molecular formula is C15H18N2O3S. The molecule has 0 atom stereocenters. The second kappa shape index (κ2) is 7.19. The number of nitrogens with one attached hydrogen (secondary N) is 1. The molecule has 1 aromatic carbocycles. The lowest BCUT2D eigenvalue weighted by atomic mass is 10.1. The number of aromatic nitrogens is 1. The van der Waals surface area contributed by atoms with Crippen LogP contribution in [-0.4, -0.2) is 31.2 Å². The Bertz CT molecular complexity index is 608. The van der Waals surface area contributed by atoms with Gasteiger partial charge in [0.2, 0.25) is 0 Å². The summed E-state index contributed by atoms with van der Waals surface area (Å²) < 4.78 is 10.2. The maximum absolute atomic E-state index is 11.6. The van der Waals surface area contributed by atoms with Crippen LogP contribution < -0.4 is 10.1 Å². The minimum atomic E-state index is -0.188. The van der Waals surface area contributed by atoms with Crippen molar-refractivity contribution in [2.75, 3.05) is 25.6 Å². The number of rotatable bonds is 6. The average molecular weight is 306 g/mol. The summed E-state index contributed by atoms with van der Waals surface area (Å²) in [4.78, 5) is 17.1. The number of aryl methyl sites for hydroxylation is 1. The molecule has 0 saturated heterocycles. The van der Waals surface area contributed by atoms with E-state index >= 15 is 0 Å². The SMILES string of the molecule is CCOCC(=O)Nc1nc(-c2ccc(OC)cc2)c(C)s1. The minimum absolute atomic E-state index is 0.0486. The molecule has 0 fully saturated rings. The standard InChI is InChI=1S/C15H18N2O3S/c1-4-20-9-13(18)16-15-17-14(10(2)21-15)11-5-7-12(19-3)8-6-11/h5-8H,4,9H2,1-3H3,(H,16,17,18). The summed E-state index contributed by atoms with van der Waals surface area (Å²) in [6.45, 7) is 4.40. The topological polar surface area (TPSA) is 60.5 Å². The van der Waals surface area contributed by atoms with Crippen LogP contribution in [0.1, 0.15) is 11.8 Å². The minimum Gasteiger partial charge on any atom is -0.497 e. The van der Waals surface area contributed by atoms with Crippen LogP contribution in [0.15, 0.2) is 24.3 Å². The van der Waals surface area contributed by atoms with Gasteiger partial charge in [-0.05, 0) is 38.1 Å². The van der Waals surface area contributed by atoms with E-state index in [1.165, 1.54) is 11.3 Å². The predicted octanol–water partition coefficient (Wildman–Crippen LogP) is 3.10. The van der Waals surface area contributed by atoms with E-state index in [4.69, 9.17) is 9.47 Å². The Kier molecular flexibility index (Phi) is 5.30. The highest BCUT2D eigenvalue weighted by molar-refractivity contribution is 7.16. The number of benzene rings is 1. The van der Waals surface area contributed by atoms with Crippen LogP contribution in [0, 0.1) is 6.92 Å². The molecule has 6 heteroatoms. The first-order valence-electron chi connectivity index (χ1n) is 6.63. The van der Waals surface area contributed by atoms with E-state index in [2.05, 4.69) is 10.3 Å². The van der Waals surface area contributed by atoms with Gasteiger partial charge in [-0.1, -0.05) is 0 Å². The van der Waals surface area contributed by atoms with Gasteiger partial charge in [-0.25, -0.2) is 4.98 Å². The van der Waals surface area contributed by atoms with Crippen LogP contribution in [0.2, 0.25) is 0 Å². The fourth-order valence-corrected chi connectivity index (χ4v) is 2.67. The second-order valence-corrected chi connectivity index (χ2v) is 5.54. The maximum atomic E-state index is 11.6. The molecule has 0 unspecified atom stereocenters. The van der Waals surface area contributed by atoms with E-state index in [1.807, 2.05) is 38.1 Å². The molecule has 0 aliphatic carbocycles. The highest BCUT2D eigenvalue weighted by Gasteiger charge is 2.12. The van der Waals surface area contributed by atoms with Crippen LogP contribution in [0.4, 0.5) is 5.13 Å². The highest BCUT2D eigenvalue weighted by Crippen LogP contribution is 2.31. The van der Waals surface area contributed by atoms with Gasteiger partial charge in [-0.3, -0.25) is 10.1 Å². The number of hydrogen-bond acceptors (Lipinski definition) is 5. The second-order valence-electron chi connectivity index (χ2n) is 4.34. The molecule has 1 amide bonds. The number of carbonyl (C=O) groups is 1. The average Bonchev–Trinajstić information content (AvgIpc) is 2.85. The van der Waals surface area contributed by atoms with Crippen molar-refractivity contribution < 1.29 is 14.3 Å². The first-order valence-corrected chi connectivity index (χ1v) is 7.45. The Morgan fingerprint density at radius 1 is 1.33 bits per heavy atom. The number of nitrogens with zero attached hydrogens (tertiary/aromatic N) is 1. The molecule has 112 valence electrons. The third-order valence-corrected chi connectivity index (χ3v) is 3.73. The maximum Gasteiger partial charge on any atom is 0.252 e. The Balaban J connectivity index is 2.12. The van der Waals surface area contributed by atoms with Crippen molar-refractivity contribution in [3.8, 4) is 17.0 Å². The van der Waals surface area contributed by atoms with E-state index in [0.29, 0.717) is 11.7 Å². The van der Waals surface area contributed by atoms with E-state index in [9.17, 15) is 4.79 Å². The Morgan fingerprint density at radius 2 is 2.05 bits per heavy atom. The van der Waals surface area contributed by atoms with Gasteiger partial charge < -0.3 is 9.47 Å². The largest absolute Gasteiger partial charge is 0.497 e. The third-order valence-electron chi connectivity index (χ3n) is 2.84. The molecule has 21 heavy (non-hydrogen) atoms. The number of thiazole rings is 1. The number of hydrogen-bond donors (Lipinski definition) is 1. The summed E-state index contributed by atoms with van der Waals surface area (Å²) in [7, 11) is 1.63. The summed E-state index contributed by atoms with van der Waals surface area (Å²) >= 11 is 1.45. The van der Waals surface area contributed by atoms with E-state index in [-0.39, 0.29) is 12.5 Å². The van der Waals surface area contributed by atoms with Crippen LogP contribution in [-0.2, 0) is 9.53 Å². The van der Waals surface area contributed by atoms with Gasteiger partial charge >= 0.3 is 0 Å². The smallest absolute Gasteiger partial charge is 0.252 e. The van der Waals surface area contributed by atoms with Crippen molar-refractivity contribution >= 4 is 22.4 Å². The third kappa shape index (κ3) is 4.03. The summed E-state index contributed by atoms with van der Waals surface area (Å²) in [6, 6.07) is 7.68. The quantitative estimate of drug-likeness (QED) is 0.891. The lowest BCUT2D eigenvalue weighted by Crippen LogP contribution is -2.17.